The van der Waals surface area contributed by atoms with Gasteiger partial charge in [-0.25, -0.2) is 0 Å². The van der Waals surface area contributed by atoms with E-state index in [0.29, 0.717) is 10.8 Å². The molecule has 14 heavy (non-hydrogen) atoms. The topological polar surface area (TPSA) is 20.7 Å². The highest BCUT2D eigenvalue weighted by Crippen LogP contribution is 2.68. The lowest BCUT2D eigenvalue weighted by Gasteiger charge is -2.04. The summed E-state index contributed by atoms with van der Waals surface area (Å²) in [7, 11) is 0. The number of imidazole rings is 1. The van der Waals surface area contributed by atoms with E-state index in [0.717, 1.165) is 17.2 Å². The second-order valence-electron chi connectivity index (χ2n) is 5.41. The predicted molar refractivity (Wildman–Crippen MR) is 60.7 cm³/mol. The number of hydrogen-bond donors (Lipinski definition) is 1. The Morgan fingerprint density at radius 1 is 1.36 bits per heavy atom. The fourth-order valence-corrected chi connectivity index (χ4v) is 2.68. The SMILES string of the molecule is CC1(C)C(Cn2cc[nH]c2=S)C1(C)C. The first-order valence-corrected chi connectivity index (χ1v) is 5.52. The van der Waals surface area contributed by atoms with Crippen LogP contribution < -0.4 is 0 Å². The average Bonchev–Trinajstić information content (AvgIpc) is 2.46. The standard InChI is InChI=1S/C11H18N2S/c1-10(2)8(11(10,3)4)7-13-6-5-12-9(13)14/h5-6,8H,7H2,1-4H3,(H,12,14). The van der Waals surface area contributed by atoms with Crippen molar-refractivity contribution < 1.29 is 0 Å². The maximum atomic E-state index is 5.19. The third-order valence-corrected chi connectivity index (χ3v) is 4.77. The van der Waals surface area contributed by atoms with Crippen molar-refractivity contribution in [3.05, 3.63) is 17.2 Å². The Balaban J connectivity index is 2.17. The van der Waals surface area contributed by atoms with Gasteiger partial charge in [-0.2, -0.15) is 0 Å². The van der Waals surface area contributed by atoms with Gasteiger partial charge < -0.3 is 9.55 Å². The summed E-state index contributed by atoms with van der Waals surface area (Å²) in [5, 5.41) is 0. The molecular formula is C11H18N2S. The van der Waals surface area contributed by atoms with E-state index in [1.807, 2.05) is 12.4 Å². The molecule has 0 aliphatic heterocycles. The molecule has 1 saturated carbocycles. The van der Waals surface area contributed by atoms with E-state index >= 15 is 0 Å². The van der Waals surface area contributed by atoms with Crippen molar-refractivity contribution in [2.45, 2.75) is 34.2 Å². The van der Waals surface area contributed by atoms with Gasteiger partial charge in [0.2, 0.25) is 0 Å². The Labute approximate surface area is 90.3 Å². The molecule has 1 aliphatic carbocycles. The molecule has 0 radical (unpaired) electrons. The van der Waals surface area contributed by atoms with Crippen LogP contribution in [0.1, 0.15) is 27.7 Å². The Kier molecular flexibility index (Phi) is 1.94. The molecule has 2 rings (SSSR count). The Morgan fingerprint density at radius 3 is 2.29 bits per heavy atom. The molecule has 0 aromatic carbocycles. The first-order valence-electron chi connectivity index (χ1n) is 5.11. The van der Waals surface area contributed by atoms with Crippen molar-refractivity contribution in [2.24, 2.45) is 16.7 Å². The van der Waals surface area contributed by atoms with E-state index < -0.39 is 0 Å². The number of rotatable bonds is 2. The van der Waals surface area contributed by atoms with E-state index in [9.17, 15) is 0 Å². The van der Waals surface area contributed by atoms with Crippen LogP contribution in [-0.2, 0) is 6.54 Å². The van der Waals surface area contributed by atoms with Crippen LogP contribution in [-0.4, -0.2) is 9.55 Å². The quantitative estimate of drug-likeness (QED) is 0.743. The van der Waals surface area contributed by atoms with Crippen molar-refractivity contribution in [3.63, 3.8) is 0 Å². The molecule has 0 atom stereocenters. The molecule has 1 aromatic rings. The molecule has 1 aliphatic rings. The zero-order valence-electron chi connectivity index (χ0n) is 9.29. The van der Waals surface area contributed by atoms with Crippen molar-refractivity contribution in [3.8, 4) is 0 Å². The Bertz CT molecular complexity index is 383. The molecule has 0 unspecified atom stereocenters. The van der Waals surface area contributed by atoms with Crippen LogP contribution in [0.15, 0.2) is 12.4 Å². The second kappa shape index (κ2) is 2.72. The zero-order chi connectivity index (χ0) is 10.6. The van der Waals surface area contributed by atoms with Gasteiger partial charge in [-0.05, 0) is 29.0 Å². The van der Waals surface area contributed by atoms with Gasteiger partial charge in [0.1, 0.15) is 0 Å². The molecule has 3 heteroatoms. The first kappa shape index (κ1) is 9.97. The van der Waals surface area contributed by atoms with Crippen LogP contribution >= 0.6 is 12.2 Å². The van der Waals surface area contributed by atoms with Gasteiger partial charge in [-0.15, -0.1) is 0 Å². The lowest BCUT2D eigenvalue weighted by Crippen LogP contribution is -2.03. The van der Waals surface area contributed by atoms with Gasteiger partial charge in [0.15, 0.2) is 4.77 Å². The van der Waals surface area contributed by atoms with Gasteiger partial charge in [-0.1, -0.05) is 27.7 Å². The van der Waals surface area contributed by atoms with Gasteiger partial charge in [0.05, 0.1) is 0 Å². The predicted octanol–water partition coefficient (Wildman–Crippen LogP) is 3.23. The summed E-state index contributed by atoms with van der Waals surface area (Å²) in [5.74, 6) is 0.734. The van der Waals surface area contributed by atoms with Crippen molar-refractivity contribution in [1.82, 2.24) is 9.55 Å². The van der Waals surface area contributed by atoms with Gasteiger partial charge in [0.25, 0.3) is 0 Å². The monoisotopic (exact) mass is 210 g/mol. The molecule has 0 saturated heterocycles. The minimum Gasteiger partial charge on any atom is -0.337 e. The first-order chi connectivity index (χ1) is 6.37. The molecule has 0 bridgehead atoms. The number of aromatic amines is 1. The van der Waals surface area contributed by atoms with Crippen LogP contribution in [0.25, 0.3) is 0 Å². The summed E-state index contributed by atoms with van der Waals surface area (Å²) >= 11 is 5.19. The molecule has 1 heterocycles. The summed E-state index contributed by atoms with van der Waals surface area (Å²) in [4.78, 5) is 3.03. The van der Waals surface area contributed by atoms with E-state index in [1.165, 1.54) is 0 Å². The zero-order valence-corrected chi connectivity index (χ0v) is 10.1. The Morgan fingerprint density at radius 2 is 1.93 bits per heavy atom. The summed E-state index contributed by atoms with van der Waals surface area (Å²) in [6.07, 6.45) is 3.94. The smallest absolute Gasteiger partial charge is 0.177 e. The highest BCUT2D eigenvalue weighted by Gasteiger charge is 2.64. The van der Waals surface area contributed by atoms with Gasteiger partial charge in [-0.3, -0.25) is 0 Å². The molecule has 0 spiro atoms. The van der Waals surface area contributed by atoms with Gasteiger partial charge in [0, 0.05) is 18.9 Å². The van der Waals surface area contributed by atoms with E-state index in [1.54, 1.807) is 0 Å². The Hall–Kier alpha value is -0.570. The van der Waals surface area contributed by atoms with E-state index in [2.05, 4.69) is 37.2 Å². The number of aromatic nitrogens is 2. The average molecular weight is 210 g/mol. The highest BCUT2D eigenvalue weighted by atomic mass is 32.1. The molecule has 1 fully saturated rings. The molecule has 1 aromatic heterocycles. The lowest BCUT2D eigenvalue weighted by atomic mass is 10.0. The fraction of sp³-hybridized carbons (Fsp3) is 0.727. The highest BCUT2D eigenvalue weighted by molar-refractivity contribution is 7.71. The summed E-state index contributed by atoms with van der Waals surface area (Å²) in [6.45, 7) is 10.4. The van der Waals surface area contributed by atoms with Crippen molar-refractivity contribution in [2.75, 3.05) is 0 Å². The van der Waals surface area contributed by atoms with Crippen LogP contribution in [0.5, 0.6) is 0 Å². The maximum absolute atomic E-state index is 5.19. The number of nitrogens with zero attached hydrogens (tertiary/aromatic N) is 1. The minimum atomic E-state index is 0.443. The third kappa shape index (κ3) is 1.18. The van der Waals surface area contributed by atoms with Crippen LogP contribution in [0.4, 0.5) is 0 Å². The van der Waals surface area contributed by atoms with E-state index in [-0.39, 0.29) is 0 Å². The maximum Gasteiger partial charge on any atom is 0.177 e. The normalized spacial score (nSPS) is 23.7. The van der Waals surface area contributed by atoms with Crippen molar-refractivity contribution >= 4 is 12.2 Å². The fourth-order valence-electron chi connectivity index (χ4n) is 2.48. The molecule has 1 N–H and O–H groups in total. The number of nitrogens with one attached hydrogen (secondary N) is 1. The molecule has 78 valence electrons. The lowest BCUT2D eigenvalue weighted by molar-refractivity contribution is 0.457. The second-order valence-corrected chi connectivity index (χ2v) is 5.80. The van der Waals surface area contributed by atoms with Crippen LogP contribution in [0, 0.1) is 21.5 Å². The third-order valence-electron chi connectivity index (χ3n) is 4.42. The molecule has 0 amide bonds. The van der Waals surface area contributed by atoms with Crippen LogP contribution in [0.3, 0.4) is 0 Å². The van der Waals surface area contributed by atoms with Gasteiger partial charge >= 0.3 is 0 Å². The molecular weight excluding hydrogens is 192 g/mol. The molecule has 2 nitrogen and oxygen atoms in total. The number of H-pyrrole nitrogens is 1. The summed E-state index contributed by atoms with van der Waals surface area (Å²) in [5.41, 5.74) is 0.887. The summed E-state index contributed by atoms with van der Waals surface area (Å²) in [6, 6.07) is 0. The number of hydrogen-bond acceptors (Lipinski definition) is 1. The largest absolute Gasteiger partial charge is 0.337 e. The van der Waals surface area contributed by atoms with Crippen LogP contribution in [0.2, 0.25) is 0 Å². The van der Waals surface area contributed by atoms with Crippen molar-refractivity contribution in [1.29, 1.82) is 0 Å². The summed E-state index contributed by atoms with van der Waals surface area (Å²) < 4.78 is 2.97. The minimum absolute atomic E-state index is 0.443. The van der Waals surface area contributed by atoms with E-state index in [4.69, 9.17) is 12.2 Å².